The number of nitrogens with zero attached hydrogens (tertiary/aromatic N) is 1. The van der Waals surface area contributed by atoms with Gasteiger partial charge in [0.15, 0.2) is 0 Å². The molecule has 1 N–H and O–H groups in total. The molecule has 0 atom stereocenters. The average Bonchev–Trinajstić information content (AvgIpc) is 2.34. The van der Waals surface area contributed by atoms with Gasteiger partial charge in [0.05, 0.1) is 12.1 Å². The van der Waals surface area contributed by atoms with Crippen LogP contribution in [0.2, 0.25) is 0 Å². The summed E-state index contributed by atoms with van der Waals surface area (Å²) in [6, 6.07) is 10.4. The Morgan fingerprint density at radius 2 is 2.06 bits per heavy atom. The summed E-state index contributed by atoms with van der Waals surface area (Å²) in [7, 11) is 0. The van der Waals surface area contributed by atoms with Crippen molar-refractivity contribution in [2.75, 3.05) is 6.61 Å². The summed E-state index contributed by atoms with van der Waals surface area (Å²) in [6.07, 6.45) is 0. The minimum atomic E-state index is 0.543. The Labute approximate surface area is 108 Å². The van der Waals surface area contributed by atoms with E-state index in [0.29, 0.717) is 5.92 Å². The lowest BCUT2D eigenvalue weighted by molar-refractivity contribution is 0.0196. The van der Waals surface area contributed by atoms with E-state index in [1.807, 2.05) is 13.0 Å². The van der Waals surface area contributed by atoms with Crippen LogP contribution in [0.5, 0.6) is 0 Å². The summed E-state index contributed by atoms with van der Waals surface area (Å²) < 4.78 is 0. The molecule has 0 aliphatic heterocycles. The van der Waals surface area contributed by atoms with Crippen LogP contribution < -0.4 is 5.48 Å². The van der Waals surface area contributed by atoms with E-state index in [0.717, 1.165) is 24.4 Å². The SMILES string of the molecule is Cc1ccc2cc(CNOCC(C)C)ccc2n1. The van der Waals surface area contributed by atoms with E-state index in [2.05, 4.69) is 48.6 Å². The van der Waals surface area contributed by atoms with Crippen LogP contribution in [-0.2, 0) is 11.4 Å². The first-order valence-corrected chi connectivity index (χ1v) is 6.36. The number of hydrogen-bond donors (Lipinski definition) is 1. The molecule has 0 radical (unpaired) electrons. The normalized spacial score (nSPS) is 11.3. The predicted molar refractivity (Wildman–Crippen MR) is 74.1 cm³/mol. The summed E-state index contributed by atoms with van der Waals surface area (Å²) >= 11 is 0. The van der Waals surface area contributed by atoms with E-state index in [9.17, 15) is 0 Å². The number of aryl methyl sites for hydroxylation is 1. The van der Waals surface area contributed by atoms with Gasteiger partial charge in [-0.25, -0.2) is 0 Å². The van der Waals surface area contributed by atoms with Gasteiger partial charge < -0.3 is 4.84 Å². The second-order valence-electron chi connectivity index (χ2n) is 5.01. The smallest absolute Gasteiger partial charge is 0.0705 e. The fraction of sp³-hybridized carbons (Fsp3) is 0.400. The average molecular weight is 244 g/mol. The molecule has 0 amide bonds. The highest BCUT2D eigenvalue weighted by molar-refractivity contribution is 5.79. The van der Waals surface area contributed by atoms with Gasteiger partial charge in [-0.3, -0.25) is 4.98 Å². The molecule has 0 bridgehead atoms. The molecule has 2 aromatic rings. The molecule has 3 heteroatoms. The fourth-order valence-corrected chi connectivity index (χ4v) is 1.75. The van der Waals surface area contributed by atoms with Crippen LogP contribution in [0, 0.1) is 12.8 Å². The molecule has 3 nitrogen and oxygen atoms in total. The molecule has 1 aromatic heterocycles. The van der Waals surface area contributed by atoms with Gasteiger partial charge >= 0.3 is 0 Å². The largest absolute Gasteiger partial charge is 0.301 e. The number of fused-ring (bicyclic) bond motifs is 1. The molecule has 0 aliphatic carbocycles. The van der Waals surface area contributed by atoms with Gasteiger partial charge in [-0.05, 0) is 36.6 Å². The van der Waals surface area contributed by atoms with Gasteiger partial charge in [0.25, 0.3) is 0 Å². The molecule has 2 rings (SSSR count). The number of rotatable bonds is 5. The first kappa shape index (κ1) is 13.0. The molecule has 1 aromatic carbocycles. The lowest BCUT2D eigenvalue weighted by atomic mass is 10.1. The molecule has 0 spiro atoms. The van der Waals surface area contributed by atoms with E-state index in [1.165, 1.54) is 10.9 Å². The van der Waals surface area contributed by atoms with Crippen molar-refractivity contribution >= 4 is 10.9 Å². The first-order valence-electron chi connectivity index (χ1n) is 6.36. The maximum atomic E-state index is 5.36. The molecule has 0 aliphatic rings. The van der Waals surface area contributed by atoms with E-state index in [4.69, 9.17) is 4.84 Å². The Hall–Kier alpha value is -1.45. The van der Waals surface area contributed by atoms with Gasteiger partial charge in [0, 0.05) is 17.6 Å². The van der Waals surface area contributed by atoms with E-state index >= 15 is 0 Å². The van der Waals surface area contributed by atoms with Crippen molar-refractivity contribution in [3.8, 4) is 0 Å². The van der Waals surface area contributed by atoms with Crippen molar-refractivity contribution in [2.24, 2.45) is 5.92 Å². The monoisotopic (exact) mass is 244 g/mol. The number of hydroxylamine groups is 1. The third kappa shape index (κ3) is 3.52. The van der Waals surface area contributed by atoms with E-state index < -0.39 is 0 Å². The second kappa shape index (κ2) is 5.94. The van der Waals surface area contributed by atoms with Crippen molar-refractivity contribution in [2.45, 2.75) is 27.3 Å². The van der Waals surface area contributed by atoms with Crippen molar-refractivity contribution in [1.29, 1.82) is 0 Å². The Bertz CT molecular complexity index is 523. The highest BCUT2D eigenvalue weighted by Crippen LogP contribution is 2.14. The van der Waals surface area contributed by atoms with E-state index in [1.54, 1.807) is 0 Å². The van der Waals surface area contributed by atoms with Gasteiger partial charge in [-0.1, -0.05) is 26.0 Å². The lowest BCUT2D eigenvalue weighted by Gasteiger charge is -2.08. The van der Waals surface area contributed by atoms with Crippen molar-refractivity contribution in [1.82, 2.24) is 10.5 Å². The maximum absolute atomic E-state index is 5.36. The zero-order chi connectivity index (χ0) is 13.0. The van der Waals surface area contributed by atoms with Crippen LogP contribution in [0.3, 0.4) is 0 Å². The third-order valence-corrected chi connectivity index (χ3v) is 2.69. The number of hydrogen-bond acceptors (Lipinski definition) is 3. The topological polar surface area (TPSA) is 34.1 Å². The Morgan fingerprint density at radius 3 is 2.83 bits per heavy atom. The quantitative estimate of drug-likeness (QED) is 0.647. The molecular formula is C15H20N2O. The maximum Gasteiger partial charge on any atom is 0.0705 e. The fourth-order valence-electron chi connectivity index (χ4n) is 1.75. The van der Waals surface area contributed by atoms with Gasteiger partial charge in [-0.15, -0.1) is 0 Å². The minimum Gasteiger partial charge on any atom is -0.301 e. The number of pyridine rings is 1. The van der Waals surface area contributed by atoms with Gasteiger partial charge in [0.2, 0.25) is 0 Å². The van der Waals surface area contributed by atoms with Crippen molar-refractivity contribution < 1.29 is 4.84 Å². The van der Waals surface area contributed by atoms with Crippen LogP contribution in [-0.4, -0.2) is 11.6 Å². The summed E-state index contributed by atoms with van der Waals surface area (Å²) in [4.78, 5) is 9.85. The van der Waals surface area contributed by atoms with Gasteiger partial charge in [-0.2, -0.15) is 5.48 Å². The van der Waals surface area contributed by atoms with E-state index in [-0.39, 0.29) is 0 Å². The molecule has 0 saturated heterocycles. The summed E-state index contributed by atoms with van der Waals surface area (Å²) in [5, 5.41) is 1.17. The standard InChI is InChI=1S/C15H20N2O/c1-11(2)10-18-16-9-13-5-7-15-14(8-13)6-4-12(3)17-15/h4-8,11,16H,9-10H2,1-3H3. The highest BCUT2D eigenvalue weighted by atomic mass is 16.6. The number of benzene rings is 1. The summed E-state index contributed by atoms with van der Waals surface area (Å²) in [6.45, 7) is 7.72. The summed E-state index contributed by atoms with van der Waals surface area (Å²) in [5.41, 5.74) is 6.29. The molecule has 0 saturated carbocycles. The Morgan fingerprint density at radius 1 is 1.22 bits per heavy atom. The van der Waals surface area contributed by atoms with Crippen LogP contribution in [0.25, 0.3) is 10.9 Å². The molecule has 96 valence electrons. The molecule has 0 unspecified atom stereocenters. The minimum absolute atomic E-state index is 0.543. The Kier molecular flexibility index (Phi) is 4.28. The predicted octanol–water partition coefficient (Wildman–Crippen LogP) is 3.22. The Balaban J connectivity index is 1.99. The van der Waals surface area contributed by atoms with Gasteiger partial charge in [0.1, 0.15) is 0 Å². The second-order valence-corrected chi connectivity index (χ2v) is 5.01. The summed E-state index contributed by atoms with van der Waals surface area (Å²) in [5.74, 6) is 0.543. The third-order valence-electron chi connectivity index (χ3n) is 2.69. The highest BCUT2D eigenvalue weighted by Gasteiger charge is 1.99. The zero-order valence-electron chi connectivity index (χ0n) is 11.2. The lowest BCUT2D eigenvalue weighted by Crippen LogP contribution is -2.17. The molecule has 18 heavy (non-hydrogen) atoms. The van der Waals surface area contributed by atoms with Crippen LogP contribution in [0.4, 0.5) is 0 Å². The van der Waals surface area contributed by atoms with Crippen molar-refractivity contribution in [3.63, 3.8) is 0 Å². The van der Waals surface area contributed by atoms with Crippen LogP contribution >= 0.6 is 0 Å². The molecule has 1 heterocycles. The zero-order valence-corrected chi connectivity index (χ0v) is 11.2. The molecule has 0 fully saturated rings. The molecular weight excluding hydrogens is 224 g/mol. The van der Waals surface area contributed by atoms with Crippen molar-refractivity contribution in [3.05, 3.63) is 41.6 Å². The number of aromatic nitrogens is 1. The van der Waals surface area contributed by atoms with Crippen LogP contribution in [0.1, 0.15) is 25.1 Å². The first-order chi connectivity index (χ1) is 8.65. The number of nitrogens with one attached hydrogen (secondary N) is 1. The van der Waals surface area contributed by atoms with Crippen LogP contribution in [0.15, 0.2) is 30.3 Å².